The van der Waals surface area contributed by atoms with Crippen LogP contribution in [0.5, 0.6) is 0 Å². The third kappa shape index (κ3) is 4.42. The number of amides is 1. The minimum Gasteiger partial charge on any atom is -0.356 e. The molecule has 130 valence electrons. The molecule has 2 aromatic rings. The standard InChI is InChI=1S/C17H24N4O2S/c1-12(2)10-18-17(22)13-5-7-21(8-6-13)11-15-19-16(20-23-15)14-4-3-9-24-14/h3-4,9,12-13H,5-8,10-11H2,1-2H3,(H,18,22). The van der Waals surface area contributed by atoms with Crippen molar-refractivity contribution in [1.82, 2.24) is 20.4 Å². The SMILES string of the molecule is CC(C)CNC(=O)C1CCN(Cc2nc(-c3cccs3)no2)CC1. The van der Waals surface area contributed by atoms with Crippen molar-refractivity contribution in [3.8, 4) is 10.7 Å². The summed E-state index contributed by atoms with van der Waals surface area (Å²) in [6, 6.07) is 3.96. The van der Waals surface area contributed by atoms with Crippen LogP contribution in [0, 0.1) is 11.8 Å². The van der Waals surface area contributed by atoms with Gasteiger partial charge in [0.25, 0.3) is 0 Å². The van der Waals surface area contributed by atoms with Gasteiger partial charge in [-0.25, -0.2) is 0 Å². The molecule has 2 aromatic heterocycles. The minimum atomic E-state index is 0.129. The van der Waals surface area contributed by atoms with Crippen LogP contribution in [0.3, 0.4) is 0 Å². The lowest BCUT2D eigenvalue weighted by Crippen LogP contribution is -2.41. The van der Waals surface area contributed by atoms with Crippen LogP contribution >= 0.6 is 11.3 Å². The average Bonchev–Trinajstić information content (AvgIpc) is 3.24. The first-order chi connectivity index (χ1) is 11.6. The molecule has 1 amide bonds. The number of nitrogens with zero attached hydrogens (tertiary/aromatic N) is 3. The Kier molecular flexibility index (Phi) is 5.63. The summed E-state index contributed by atoms with van der Waals surface area (Å²) in [6.07, 6.45) is 1.77. The van der Waals surface area contributed by atoms with Gasteiger partial charge in [0.15, 0.2) is 0 Å². The third-order valence-electron chi connectivity index (χ3n) is 4.21. The molecule has 1 saturated heterocycles. The molecule has 1 N–H and O–H groups in total. The number of carbonyl (C=O) groups excluding carboxylic acids is 1. The molecule has 0 aliphatic carbocycles. The smallest absolute Gasteiger partial charge is 0.241 e. The highest BCUT2D eigenvalue weighted by Crippen LogP contribution is 2.23. The van der Waals surface area contributed by atoms with Gasteiger partial charge in [0.1, 0.15) is 0 Å². The Morgan fingerprint density at radius 3 is 2.92 bits per heavy atom. The van der Waals surface area contributed by atoms with Crippen LogP contribution in [0.4, 0.5) is 0 Å². The number of hydrogen-bond donors (Lipinski definition) is 1. The Morgan fingerprint density at radius 2 is 2.25 bits per heavy atom. The molecule has 0 atom stereocenters. The van der Waals surface area contributed by atoms with Crippen LogP contribution in [0.15, 0.2) is 22.0 Å². The zero-order chi connectivity index (χ0) is 16.9. The topological polar surface area (TPSA) is 71.3 Å². The van der Waals surface area contributed by atoms with E-state index in [1.54, 1.807) is 11.3 Å². The van der Waals surface area contributed by atoms with Crippen molar-refractivity contribution in [3.63, 3.8) is 0 Å². The molecule has 0 saturated carbocycles. The molecule has 0 radical (unpaired) electrons. The Bertz CT molecular complexity index is 645. The molecule has 7 heteroatoms. The molecule has 3 heterocycles. The fourth-order valence-electron chi connectivity index (χ4n) is 2.82. The van der Waals surface area contributed by atoms with Crippen LogP contribution in [-0.4, -0.2) is 40.6 Å². The molecule has 24 heavy (non-hydrogen) atoms. The zero-order valence-corrected chi connectivity index (χ0v) is 15.0. The van der Waals surface area contributed by atoms with E-state index in [4.69, 9.17) is 4.52 Å². The number of likely N-dealkylation sites (tertiary alicyclic amines) is 1. The fraction of sp³-hybridized carbons (Fsp3) is 0.588. The first-order valence-electron chi connectivity index (χ1n) is 8.48. The van der Waals surface area contributed by atoms with Gasteiger partial charge in [-0.3, -0.25) is 9.69 Å². The van der Waals surface area contributed by atoms with Crippen molar-refractivity contribution < 1.29 is 9.32 Å². The molecule has 6 nitrogen and oxygen atoms in total. The highest BCUT2D eigenvalue weighted by molar-refractivity contribution is 7.13. The molecule has 1 aliphatic heterocycles. The van der Waals surface area contributed by atoms with E-state index < -0.39 is 0 Å². The maximum atomic E-state index is 12.1. The van der Waals surface area contributed by atoms with Crippen LogP contribution in [0.2, 0.25) is 0 Å². The Morgan fingerprint density at radius 1 is 1.46 bits per heavy atom. The first-order valence-corrected chi connectivity index (χ1v) is 9.36. The number of thiophene rings is 1. The van der Waals surface area contributed by atoms with E-state index in [1.807, 2.05) is 17.5 Å². The second kappa shape index (κ2) is 7.90. The molecule has 0 spiro atoms. The van der Waals surface area contributed by atoms with E-state index in [0.29, 0.717) is 24.2 Å². The lowest BCUT2D eigenvalue weighted by atomic mass is 9.95. The normalized spacial score (nSPS) is 16.6. The minimum absolute atomic E-state index is 0.129. The number of carbonyl (C=O) groups is 1. The molecule has 1 aliphatic rings. The van der Waals surface area contributed by atoms with Gasteiger partial charge in [-0.05, 0) is 43.3 Å². The van der Waals surface area contributed by atoms with Crippen molar-refractivity contribution in [3.05, 3.63) is 23.4 Å². The van der Waals surface area contributed by atoms with Gasteiger partial charge in [0.2, 0.25) is 17.6 Å². The van der Waals surface area contributed by atoms with Crippen LogP contribution in [-0.2, 0) is 11.3 Å². The van der Waals surface area contributed by atoms with Gasteiger partial charge in [-0.1, -0.05) is 25.1 Å². The second-order valence-corrected chi connectivity index (χ2v) is 7.63. The molecule has 0 aromatic carbocycles. The quantitative estimate of drug-likeness (QED) is 0.869. The summed E-state index contributed by atoms with van der Waals surface area (Å²) < 4.78 is 5.35. The average molecular weight is 348 g/mol. The number of piperidine rings is 1. The molecule has 0 bridgehead atoms. The number of rotatable bonds is 6. The Balaban J connectivity index is 1.46. The van der Waals surface area contributed by atoms with E-state index >= 15 is 0 Å². The Labute approximate surface area is 146 Å². The lowest BCUT2D eigenvalue weighted by molar-refractivity contribution is -0.126. The zero-order valence-electron chi connectivity index (χ0n) is 14.2. The van der Waals surface area contributed by atoms with Gasteiger partial charge in [-0.15, -0.1) is 11.3 Å². The summed E-state index contributed by atoms with van der Waals surface area (Å²) in [5.74, 6) is 2.11. The number of nitrogens with one attached hydrogen (secondary N) is 1. The molecule has 0 unspecified atom stereocenters. The highest BCUT2D eigenvalue weighted by atomic mass is 32.1. The lowest BCUT2D eigenvalue weighted by Gasteiger charge is -2.30. The Hall–Kier alpha value is -1.73. The van der Waals surface area contributed by atoms with E-state index in [2.05, 4.69) is 34.2 Å². The van der Waals surface area contributed by atoms with E-state index in [1.165, 1.54) is 0 Å². The molecule has 1 fully saturated rings. The number of hydrogen-bond acceptors (Lipinski definition) is 6. The summed E-state index contributed by atoms with van der Waals surface area (Å²) in [5, 5.41) is 9.08. The van der Waals surface area contributed by atoms with Crippen molar-refractivity contribution >= 4 is 17.2 Å². The van der Waals surface area contributed by atoms with Crippen molar-refractivity contribution in [2.45, 2.75) is 33.2 Å². The highest BCUT2D eigenvalue weighted by Gasteiger charge is 2.26. The van der Waals surface area contributed by atoms with Crippen LogP contribution < -0.4 is 5.32 Å². The molecular weight excluding hydrogens is 324 g/mol. The molecular formula is C17H24N4O2S. The summed E-state index contributed by atoms with van der Waals surface area (Å²) in [6.45, 7) is 7.40. The fourth-order valence-corrected chi connectivity index (χ4v) is 3.47. The summed E-state index contributed by atoms with van der Waals surface area (Å²) in [5.41, 5.74) is 0. The van der Waals surface area contributed by atoms with Gasteiger partial charge < -0.3 is 9.84 Å². The number of aromatic nitrogens is 2. The van der Waals surface area contributed by atoms with E-state index in [0.717, 1.165) is 37.4 Å². The molecule has 3 rings (SSSR count). The van der Waals surface area contributed by atoms with Gasteiger partial charge >= 0.3 is 0 Å². The van der Waals surface area contributed by atoms with E-state index in [9.17, 15) is 4.79 Å². The summed E-state index contributed by atoms with van der Waals surface area (Å²) >= 11 is 1.60. The first kappa shape index (κ1) is 17.1. The predicted octanol–water partition coefficient (Wildman–Crippen LogP) is 2.78. The second-order valence-electron chi connectivity index (χ2n) is 6.68. The van der Waals surface area contributed by atoms with Crippen LogP contribution in [0.1, 0.15) is 32.6 Å². The maximum Gasteiger partial charge on any atom is 0.241 e. The van der Waals surface area contributed by atoms with Crippen LogP contribution in [0.25, 0.3) is 10.7 Å². The van der Waals surface area contributed by atoms with Gasteiger partial charge in [0, 0.05) is 12.5 Å². The van der Waals surface area contributed by atoms with Crippen molar-refractivity contribution in [2.75, 3.05) is 19.6 Å². The third-order valence-corrected chi connectivity index (χ3v) is 5.08. The van der Waals surface area contributed by atoms with Crippen molar-refractivity contribution in [1.29, 1.82) is 0 Å². The summed E-state index contributed by atoms with van der Waals surface area (Å²) in [7, 11) is 0. The predicted molar refractivity (Wildman–Crippen MR) is 93.5 cm³/mol. The van der Waals surface area contributed by atoms with Crippen molar-refractivity contribution in [2.24, 2.45) is 11.8 Å². The summed E-state index contributed by atoms with van der Waals surface area (Å²) in [4.78, 5) is 19.9. The van der Waals surface area contributed by atoms with Gasteiger partial charge in [0.05, 0.1) is 11.4 Å². The monoisotopic (exact) mass is 348 g/mol. The largest absolute Gasteiger partial charge is 0.356 e. The maximum absolute atomic E-state index is 12.1. The van der Waals surface area contributed by atoms with Gasteiger partial charge in [-0.2, -0.15) is 4.98 Å². The van der Waals surface area contributed by atoms with E-state index in [-0.39, 0.29) is 11.8 Å².